The van der Waals surface area contributed by atoms with Crippen molar-refractivity contribution in [3.8, 4) is 17.2 Å². The Morgan fingerprint density at radius 2 is 1.63 bits per heavy atom. The number of hydrogen-bond acceptors (Lipinski definition) is 6. The molecular formula is C27H43N2O5P. The number of aliphatic hydroxyl groups excluding tert-OH is 1. The largest absolute Gasteiger partial charge is 0.496 e. The van der Waals surface area contributed by atoms with Crippen LogP contribution in [-0.2, 0) is 17.9 Å². The van der Waals surface area contributed by atoms with Crippen LogP contribution in [0.5, 0.6) is 17.2 Å². The molecule has 0 bridgehead atoms. The first-order chi connectivity index (χ1) is 16.3. The van der Waals surface area contributed by atoms with Gasteiger partial charge in [-0.25, -0.2) is 0 Å². The molecule has 0 radical (unpaired) electrons. The van der Waals surface area contributed by atoms with E-state index in [1.165, 1.54) is 5.56 Å². The van der Waals surface area contributed by atoms with E-state index in [-0.39, 0.29) is 27.8 Å². The number of carbonyl (C=O) groups is 1. The summed E-state index contributed by atoms with van der Waals surface area (Å²) in [5.41, 5.74) is 3.00. The highest BCUT2D eigenvalue weighted by atomic mass is 31.0. The third-order valence-corrected chi connectivity index (χ3v) is 5.59. The van der Waals surface area contributed by atoms with Crippen molar-refractivity contribution in [2.75, 3.05) is 34.0 Å². The fraction of sp³-hybridized carbons (Fsp3) is 0.519. The Balaban J connectivity index is 0.00000612. The number of benzene rings is 2. The lowest BCUT2D eigenvalue weighted by Crippen LogP contribution is -2.32. The van der Waals surface area contributed by atoms with Crippen LogP contribution >= 0.6 is 9.90 Å². The van der Waals surface area contributed by atoms with Crippen LogP contribution in [0.3, 0.4) is 0 Å². The normalized spacial score (nSPS) is 10.9. The molecule has 0 aliphatic heterocycles. The fourth-order valence-electron chi connectivity index (χ4n) is 3.37. The second-order valence-electron chi connectivity index (χ2n) is 9.30. The molecule has 7 nitrogen and oxygen atoms in total. The predicted molar refractivity (Wildman–Crippen MR) is 146 cm³/mol. The number of ether oxygens (including phenoxy) is 3. The molecule has 0 aliphatic carbocycles. The molecule has 2 aromatic rings. The van der Waals surface area contributed by atoms with E-state index in [4.69, 9.17) is 14.2 Å². The number of methoxy groups -OCH3 is 2. The average molecular weight is 507 g/mol. The van der Waals surface area contributed by atoms with Gasteiger partial charge in [0.2, 0.25) is 5.91 Å². The molecule has 1 unspecified atom stereocenters. The SMILES string of the molecule is COc1cc(OCCCCC(=O)NCc2ccc(C)cc2)cc(OC)c1CNCC(C)(C)CO.P. The number of unbranched alkanes of at least 4 members (excludes halogenated alkanes) is 1. The van der Waals surface area contributed by atoms with Gasteiger partial charge in [-0.2, -0.15) is 9.90 Å². The monoisotopic (exact) mass is 506 g/mol. The molecule has 35 heavy (non-hydrogen) atoms. The van der Waals surface area contributed by atoms with Crippen LogP contribution in [0.15, 0.2) is 36.4 Å². The zero-order chi connectivity index (χ0) is 25.0. The van der Waals surface area contributed by atoms with Crippen molar-refractivity contribution >= 4 is 15.8 Å². The van der Waals surface area contributed by atoms with Crippen LogP contribution in [-0.4, -0.2) is 45.0 Å². The number of aryl methyl sites for hydroxylation is 1. The standard InChI is InChI=1S/C27H40N2O5.H3P/c1-20-9-11-21(12-10-20)16-29-26(31)8-6-7-13-34-22-14-24(32-4)23(25(15-22)33-5)17-28-18-27(2,3)19-30;/h9-12,14-15,28,30H,6-8,13,16-19H2,1-5H3,(H,29,31);1H3. The van der Waals surface area contributed by atoms with Crippen LogP contribution in [0.4, 0.5) is 0 Å². The molecule has 3 N–H and O–H groups in total. The topological polar surface area (TPSA) is 89.1 Å². The lowest BCUT2D eigenvalue weighted by atomic mass is 9.95. The minimum absolute atomic E-state index is 0. The second-order valence-corrected chi connectivity index (χ2v) is 9.30. The number of rotatable bonds is 15. The quantitative estimate of drug-likeness (QED) is 0.250. The van der Waals surface area contributed by atoms with E-state index < -0.39 is 0 Å². The summed E-state index contributed by atoms with van der Waals surface area (Å²) in [6.45, 7) is 8.41. The van der Waals surface area contributed by atoms with Gasteiger partial charge in [0.1, 0.15) is 17.2 Å². The van der Waals surface area contributed by atoms with E-state index in [0.29, 0.717) is 49.9 Å². The third-order valence-electron chi connectivity index (χ3n) is 5.59. The van der Waals surface area contributed by atoms with Gasteiger partial charge in [-0.3, -0.25) is 4.79 Å². The van der Waals surface area contributed by atoms with Gasteiger partial charge < -0.3 is 30.0 Å². The van der Waals surface area contributed by atoms with E-state index in [1.807, 2.05) is 57.2 Å². The summed E-state index contributed by atoms with van der Waals surface area (Å²) in [6, 6.07) is 11.9. The lowest BCUT2D eigenvalue weighted by Gasteiger charge is -2.23. The Labute approximate surface area is 213 Å². The van der Waals surface area contributed by atoms with Crippen molar-refractivity contribution in [1.82, 2.24) is 10.6 Å². The first kappa shape index (κ1) is 30.7. The van der Waals surface area contributed by atoms with Gasteiger partial charge in [0.05, 0.1) is 26.4 Å². The Morgan fingerprint density at radius 1 is 1.00 bits per heavy atom. The van der Waals surface area contributed by atoms with Crippen LogP contribution in [0.1, 0.15) is 49.8 Å². The van der Waals surface area contributed by atoms with Gasteiger partial charge in [-0.15, -0.1) is 0 Å². The molecule has 1 amide bonds. The van der Waals surface area contributed by atoms with Crippen molar-refractivity contribution in [2.24, 2.45) is 5.41 Å². The molecule has 0 saturated heterocycles. The van der Waals surface area contributed by atoms with E-state index in [9.17, 15) is 9.90 Å². The Bertz CT molecular complexity index is 878. The van der Waals surface area contributed by atoms with Crippen LogP contribution in [0.2, 0.25) is 0 Å². The molecule has 8 heteroatoms. The number of aliphatic hydroxyl groups is 1. The van der Waals surface area contributed by atoms with Gasteiger partial charge in [0.15, 0.2) is 0 Å². The Hall–Kier alpha value is -2.34. The van der Waals surface area contributed by atoms with E-state index >= 15 is 0 Å². The number of carbonyl (C=O) groups excluding carboxylic acids is 1. The first-order valence-electron chi connectivity index (χ1n) is 11.8. The summed E-state index contributed by atoms with van der Waals surface area (Å²) in [5, 5.41) is 15.8. The average Bonchev–Trinajstić information content (AvgIpc) is 2.83. The molecular weight excluding hydrogens is 463 g/mol. The third kappa shape index (κ3) is 10.9. The van der Waals surface area contributed by atoms with Crippen LogP contribution < -0.4 is 24.8 Å². The summed E-state index contributed by atoms with van der Waals surface area (Å²) in [7, 11) is 3.24. The summed E-state index contributed by atoms with van der Waals surface area (Å²) in [6.07, 6.45) is 1.98. The Kier molecular flexibility index (Phi) is 13.7. The molecule has 2 aromatic carbocycles. The minimum atomic E-state index is -0.207. The van der Waals surface area contributed by atoms with Crippen LogP contribution in [0.25, 0.3) is 0 Å². The highest BCUT2D eigenvalue weighted by molar-refractivity contribution is 6.92. The van der Waals surface area contributed by atoms with Crippen molar-refractivity contribution in [3.63, 3.8) is 0 Å². The maximum absolute atomic E-state index is 12.1. The predicted octanol–water partition coefficient (Wildman–Crippen LogP) is 4.04. The summed E-state index contributed by atoms with van der Waals surface area (Å²) >= 11 is 0. The smallest absolute Gasteiger partial charge is 0.220 e. The van der Waals surface area contributed by atoms with E-state index in [2.05, 4.69) is 10.6 Å². The number of hydrogen-bond donors (Lipinski definition) is 3. The minimum Gasteiger partial charge on any atom is -0.496 e. The van der Waals surface area contributed by atoms with Crippen molar-refractivity contribution in [1.29, 1.82) is 0 Å². The number of nitrogens with one attached hydrogen (secondary N) is 2. The van der Waals surface area contributed by atoms with Gasteiger partial charge in [0.25, 0.3) is 0 Å². The highest BCUT2D eigenvalue weighted by Gasteiger charge is 2.18. The number of amides is 1. The van der Waals surface area contributed by atoms with Crippen molar-refractivity contribution < 1.29 is 24.1 Å². The molecule has 0 aliphatic rings. The van der Waals surface area contributed by atoms with Gasteiger partial charge in [-0.05, 0) is 25.3 Å². The van der Waals surface area contributed by atoms with Crippen LogP contribution in [0, 0.1) is 12.3 Å². The van der Waals surface area contributed by atoms with E-state index in [0.717, 1.165) is 24.0 Å². The summed E-state index contributed by atoms with van der Waals surface area (Å²) in [5.74, 6) is 2.07. The molecule has 0 heterocycles. The Morgan fingerprint density at radius 3 is 2.20 bits per heavy atom. The fourth-order valence-corrected chi connectivity index (χ4v) is 3.37. The first-order valence-corrected chi connectivity index (χ1v) is 11.8. The van der Waals surface area contributed by atoms with Gasteiger partial charge in [0, 0.05) is 50.2 Å². The zero-order valence-electron chi connectivity index (χ0n) is 21.9. The van der Waals surface area contributed by atoms with E-state index in [1.54, 1.807) is 14.2 Å². The van der Waals surface area contributed by atoms with Gasteiger partial charge >= 0.3 is 0 Å². The highest BCUT2D eigenvalue weighted by Crippen LogP contribution is 2.34. The molecule has 0 fully saturated rings. The second kappa shape index (κ2) is 15.6. The molecule has 2 rings (SSSR count). The van der Waals surface area contributed by atoms with Gasteiger partial charge in [-0.1, -0.05) is 43.7 Å². The zero-order valence-corrected chi connectivity index (χ0v) is 23.3. The summed E-state index contributed by atoms with van der Waals surface area (Å²) in [4.78, 5) is 12.1. The molecule has 0 aromatic heterocycles. The molecule has 196 valence electrons. The van der Waals surface area contributed by atoms with Crippen molar-refractivity contribution in [2.45, 2.75) is 53.1 Å². The maximum Gasteiger partial charge on any atom is 0.220 e. The summed E-state index contributed by atoms with van der Waals surface area (Å²) < 4.78 is 17.0. The molecule has 1 atom stereocenters. The molecule has 0 saturated carbocycles. The molecule has 0 spiro atoms. The maximum atomic E-state index is 12.1. The lowest BCUT2D eigenvalue weighted by molar-refractivity contribution is -0.121. The van der Waals surface area contributed by atoms with Crippen molar-refractivity contribution in [3.05, 3.63) is 53.1 Å².